The molecule has 26 valence electrons. The Morgan fingerprint density at radius 1 is 1.80 bits per heavy atom. The summed E-state index contributed by atoms with van der Waals surface area (Å²) in [6, 6.07) is 0. The van der Waals surface area contributed by atoms with Crippen molar-refractivity contribution in [3.8, 4) is 0 Å². The molecule has 0 fully saturated rings. The summed E-state index contributed by atoms with van der Waals surface area (Å²) in [6.45, 7) is 0. The molecule has 0 aromatic carbocycles. The monoisotopic (exact) mass is 119 g/mol. The predicted molar refractivity (Wildman–Crippen MR) is 23.9 cm³/mol. The first kappa shape index (κ1) is 9.69. The molecule has 0 saturated heterocycles. The molecule has 0 aliphatic carbocycles. The summed E-state index contributed by atoms with van der Waals surface area (Å²) in [6.07, 6.45) is 0. The van der Waals surface area contributed by atoms with Gasteiger partial charge >= 0.3 is 51.4 Å². The van der Waals surface area contributed by atoms with Gasteiger partial charge < -0.3 is 0 Å². The van der Waals surface area contributed by atoms with Crippen LogP contribution in [0.1, 0.15) is 0 Å². The molecule has 0 aromatic heterocycles. The Labute approximate surface area is 74.3 Å². The van der Waals surface area contributed by atoms with Crippen LogP contribution in [0.3, 0.4) is 0 Å². The Bertz CT molecular complexity index is 32.6. The van der Waals surface area contributed by atoms with Gasteiger partial charge in [-0.2, -0.15) is 0 Å². The number of hydrogen-bond acceptors (Lipinski definition) is 2. The molecular weight excluding hydrogens is 116 g/mol. The zero-order chi connectivity index (χ0) is 3.58. The van der Waals surface area contributed by atoms with Crippen molar-refractivity contribution in [1.82, 2.24) is 0 Å². The standard InChI is InChI=1S/K.H2NO2P.H/c;2-1(3)4;/h;4H2;. The molecule has 0 bridgehead atoms. The van der Waals surface area contributed by atoms with Crippen molar-refractivity contribution in [1.29, 1.82) is 0 Å². The molecule has 0 aliphatic heterocycles. The second-order valence-electron chi connectivity index (χ2n) is 0.285. The Kier molecular flexibility index (Phi) is 10.6. The summed E-state index contributed by atoms with van der Waals surface area (Å²) in [5, 5.41) is 8.77. The van der Waals surface area contributed by atoms with Gasteiger partial charge in [0, 0.05) is 4.69 Å². The van der Waals surface area contributed by atoms with Crippen LogP contribution in [0.15, 0.2) is 0 Å². The summed E-state index contributed by atoms with van der Waals surface area (Å²) in [4.78, 5) is 8.77. The number of nitro groups is 1. The van der Waals surface area contributed by atoms with Crippen LogP contribution in [0.4, 0.5) is 0 Å². The van der Waals surface area contributed by atoms with E-state index in [1.807, 2.05) is 0 Å². The Morgan fingerprint density at radius 2 is 1.80 bits per heavy atom. The van der Waals surface area contributed by atoms with Gasteiger partial charge in [0.2, 0.25) is 9.39 Å². The van der Waals surface area contributed by atoms with E-state index in [1.54, 1.807) is 0 Å². The van der Waals surface area contributed by atoms with Crippen LogP contribution < -0.4 is 0 Å². The molecule has 1 unspecified atom stereocenters. The van der Waals surface area contributed by atoms with Crippen LogP contribution in [0, 0.1) is 10.1 Å². The van der Waals surface area contributed by atoms with Gasteiger partial charge in [-0.25, -0.2) is 0 Å². The van der Waals surface area contributed by atoms with Crippen molar-refractivity contribution >= 4 is 60.8 Å². The second kappa shape index (κ2) is 5.47. The third-order valence-corrected chi connectivity index (χ3v) is 0. The van der Waals surface area contributed by atoms with E-state index in [4.69, 9.17) is 10.1 Å². The summed E-state index contributed by atoms with van der Waals surface area (Å²) in [5.74, 6) is 0. The van der Waals surface area contributed by atoms with Gasteiger partial charge in [0.15, 0.2) is 0 Å². The minimum absolute atomic E-state index is 0. The maximum absolute atomic E-state index is 8.77. The number of nitrogens with zero attached hydrogens (tertiary/aromatic N) is 1. The molecule has 0 aliphatic rings. The van der Waals surface area contributed by atoms with Crippen LogP contribution >= 0.6 is 9.39 Å². The first-order chi connectivity index (χ1) is 1.73. The van der Waals surface area contributed by atoms with Crippen LogP contribution in [0.2, 0.25) is 0 Å². The molecule has 0 heterocycles. The van der Waals surface area contributed by atoms with E-state index in [0.717, 1.165) is 0 Å². The van der Waals surface area contributed by atoms with E-state index >= 15 is 0 Å². The van der Waals surface area contributed by atoms with Crippen molar-refractivity contribution < 1.29 is 4.69 Å². The topological polar surface area (TPSA) is 43.1 Å². The molecule has 0 N–H and O–H groups in total. The van der Waals surface area contributed by atoms with Crippen LogP contribution in [-0.4, -0.2) is 56.1 Å². The molecule has 0 radical (unpaired) electrons. The predicted octanol–water partition coefficient (Wildman–Crippen LogP) is -0.595. The summed E-state index contributed by atoms with van der Waals surface area (Å²) in [5.41, 5.74) is 0. The zero-order valence-corrected chi connectivity index (χ0v) is 3.00. The van der Waals surface area contributed by atoms with Crippen molar-refractivity contribution in [2.45, 2.75) is 0 Å². The normalized spacial score (nSPS) is 5.00. The van der Waals surface area contributed by atoms with Crippen molar-refractivity contribution in [3.05, 3.63) is 10.1 Å². The first-order valence-corrected chi connectivity index (χ1v) is 1.14. The van der Waals surface area contributed by atoms with Gasteiger partial charge in [0.05, 0.1) is 0 Å². The molecule has 0 amide bonds. The van der Waals surface area contributed by atoms with Crippen LogP contribution in [0.25, 0.3) is 0 Å². The second-order valence-corrected chi connectivity index (χ2v) is 0.707. The van der Waals surface area contributed by atoms with Gasteiger partial charge in [-0.05, 0) is 0 Å². The minimum atomic E-state index is -0.583. The molecular formula is H3KNO2P. The zero-order valence-electron chi connectivity index (χ0n) is 1.84. The molecule has 0 rings (SSSR count). The van der Waals surface area contributed by atoms with Crippen molar-refractivity contribution in [2.75, 3.05) is 0 Å². The summed E-state index contributed by atoms with van der Waals surface area (Å²) in [7, 11) is 1.38. The summed E-state index contributed by atoms with van der Waals surface area (Å²) >= 11 is 0. The van der Waals surface area contributed by atoms with Gasteiger partial charge in [0.25, 0.3) is 0 Å². The maximum atomic E-state index is 8.77. The molecule has 0 spiro atoms. The van der Waals surface area contributed by atoms with Gasteiger partial charge in [-0.1, -0.05) is 0 Å². The van der Waals surface area contributed by atoms with Gasteiger partial charge in [-0.3, -0.25) is 10.1 Å². The molecule has 5 heteroatoms. The SMILES string of the molecule is O=[N+]([O-])P.[KH]. The van der Waals surface area contributed by atoms with Crippen molar-refractivity contribution in [2.24, 2.45) is 0 Å². The van der Waals surface area contributed by atoms with E-state index in [2.05, 4.69) is 0 Å². The van der Waals surface area contributed by atoms with Crippen LogP contribution in [-0.2, 0) is 0 Å². The fourth-order valence-corrected chi connectivity index (χ4v) is 0. The molecule has 5 heavy (non-hydrogen) atoms. The number of rotatable bonds is 0. The van der Waals surface area contributed by atoms with E-state index in [-0.39, 0.29) is 51.4 Å². The van der Waals surface area contributed by atoms with Gasteiger partial charge in [0.1, 0.15) is 0 Å². The molecule has 0 aromatic rings. The quantitative estimate of drug-likeness (QED) is 0.185. The van der Waals surface area contributed by atoms with Crippen molar-refractivity contribution in [3.63, 3.8) is 0 Å². The third-order valence-electron chi connectivity index (χ3n) is 0. The van der Waals surface area contributed by atoms with Gasteiger partial charge in [-0.15, -0.1) is 0 Å². The van der Waals surface area contributed by atoms with E-state index in [0.29, 0.717) is 0 Å². The average Bonchev–Trinajstić information content (AvgIpc) is 0.811. The van der Waals surface area contributed by atoms with E-state index in [1.165, 1.54) is 9.39 Å². The molecule has 3 nitrogen and oxygen atoms in total. The first-order valence-electron chi connectivity index (χ1n) is 0.623. The van der Waals surface area contributed by atoms with Crippen LogP contribution in [0.5, 0.6) is 0 Å². The average molecular weight is 119 g/mol. The van der Waals surface area contributed by atoms with E-state index in [9.17, 15) is 0 Å². The Hall–Kier alpha value is 1.47. The third kappa shape index (κ3) is 30.5. The number of hydrogen-bond donors (Lipinski definition) is 0. The van der Waals surface area contributed by atoms with E-state index < -0.39 is 4.69 Å². The fourth-order valence-electron chi connectivity index (χ4n) is 0. The fraction of sp³-hybridized carbons (Fsp3) is 0. The Morgan fingerprint density at radius 3 is 1.80 bits per heavy atom. The molecule has 0 saturated carbocycles. The molecule has 1 atom stereocenters. The Balaban J connectivity index is 0. The summed E-state index contributed by atoms with van der Waals surface area (Å²) < 4.78 is -0.583.